The number of carbonyl (C=O) groups is 2. The van der Waals surface area contributed by atoms with Crippen LogP contribution in [0.3, 0.4) is 0 Å². The van der Waals surface area contributed by atoms with E-state index < -0.39 is 0 Å². The van der Waals surface area contributed by atoms with Crippen molar-refractivity contribution < 1.29 is 14.3 Å². The molecule has 0 atom stereocenters. The Hall–Kier alpha value is -2.57. The first-order valence-electron chi connectivity index (χ1n) is 9.79. The lowest BCUT2D eigenvalue weighted by Gasteiger charge is -2.17. The zero-order valence-corrected chi connectivity index (χ0v) is 17.4. The summed E-state index contributed by atoms with van der Waals surface area (Å²) in [7, 11) is 0. The van der Waals surface area contributed by atoms with Gasteiger partial charge in [-0.05, 0) is 54.8 Å². The van der Waals surface area contributed by atoms with Gasteiger partial charge in [0, 0.05) is 30.8 Å². The molecule has 0 fully saturated rings. The van der Waals surface area contributed by atoms with Crippen molar-refractivity contribution in [3.8, 4) is 5.75 Å². The molecule has 0 aromatic heterocycles. The lowest BCUT2D eigenvalue weighted by atomic mass is 10.0. The van der Waals surface area contributed by atoms with Gasteiger partial charge in [-0.3, -0.25) is 9.59 Å². The zero-order valence-electron chi connectivity index (χ0n) is 16.6. The Morgan fingerprint density at radius 1 is 1.17 bits per heavy atom. The molecule has 7 heteroatoms. The first-order valence-corrected chi connectivity index (χ1v) is 9.79. The van der Waals surface area contributed by atoms with Crippen LogP contribution in [-0.4, -0.2) is 25.0 Å². The van der Waals surface area contributed by atoms with Crippen molar-refractivity contribution in [2.24, 2.45) is 0 Å². The molecule has 3 N–H and O–H groups in total. The van der Waals surface area contributed by atoms with Crippen LogP contribution >= 0.6 is 12.4 Å². The summed E-state index contributed by atoms with van der Waals surface area (Å²) < 4.78 is 5.77. The zero-order chi connectivity index (χ0) is 19.8. The lowest BCUT2D eigenvalue weighted by Crippen LogP contribution is -2.19. The molecule has 3 rings (SSSR count). The van der Waals surface area contributed by atoms with Gasteiger partial charge < -0.3 is 20.7 Å². The molecule has 2 aromatic carbocycles. The van der Waals surface area contributed by atoms with Crippen molar-refractivity contribution in [2.45, 2.75) is 39.2 Å². The number of rotatable bonds is 9. The number of hydrogen-bond acceptors (Lipinski definition) is 4. The predicted octanol–water partition coefficient (Wildman–Crippen LogP) is 3.90. The second-order valence-corrected chi connectivity index (χ2v) is 6.80. The van der Waals surface area contributed by atoms with Gasteiger partial charge in [0.2, 0.25) is 11.8 Å². The van der Waals surface area contributed by atoms with Crippen LogP contribution in [0.1, 0.15) is 37.3 Å². The minimum absolute atomic E-state index is 0. The molecular weight excluding hydrogens is 390 g/mol. The van der Waals surface area contributed by atoms with Crippen LogP contribution < -0.4 is 20.7 Å². The fraction of sp³-hybridized carbons (Fsp3) is 0.364. The number of halogens is 1. The van der Waals surface area contributed by atoms with Crippen LogP contribution in [0.25, 0.3) is 0 Å². The SMILES string of the molecule is CCNCc1ccccc1NC(=O)CCCOc1ccc2c(c1)CCC(=O)N2.Cl. The minimum atomic E-state index is -0.0132. The van der Waals surface area contributed by atoms with Crippen molar-refractivity contribution in [1.82, 2.24) is 5.32 Å². The summed E-state index contributed by atoms with van der Waals surface area (Å²) in [4.78, 5) is 23.7. The number of anilines is 2. The number of aryl methyl sites for hydroxylation is 1. The van der Waals surface area contributed by atoms with Crippen LogP contribution in [0.5, 0.6) is 5.75 Å². The molecule has 156 valence electrons. The molecule has 6 nitrogen and oxygen atoms in total. The monoisotopic (exact) mass is 417 g/mol. The molecule has 1 heterocycles. The Balaban J connectivity index is 0.00000300. The minimum Gasteiger partial charge on any atom is -0.494 e. The van der Waals surface area contributed by atoms with Gasteiger partial charge in [-0.2, -0.15) is 0 Å². The van der Waals surface area contributed by atoms with E-state index in [9.17, 15) is 9.59 Å². The maximum absolute atomic E-state index is 12.2. The van der Waals surface area contributed by atoms with E-state index in [1.54, 1.807) is 0 Å². The molecule has 0 spiro atoms. The summed E-state index contributed by atoms with van der Waals surface area (Å²) in [6, 6.07) is 13.5. The molecule has 2 amide bonds. The van der Waals surface area contributed by atoms with Gasteiger partial charge in [0.15, 0.2) is 0 Å². The first kappa shape index (κ1) is 22.7. The third kappa shape index (κ3) is 6.76. The molecule has 1 aliphatic rings. The van der Waals surface area contributed by atoms with E-state index in [1.165, 1.54) is 0 Å². The van der Waals surface area contributed by atoms with Crippen LogP contribution in [0.2, 0.25) is 0 Å². The highest BCUT2D eigenvalue weighted by Gasteiger charge is 2.15. The summed E-state index contributed by atoms with van der Waals surface area (Å²) in [6.45, 7) is 4.14. The van der Waals surface area contributed by atoms with Gasteiger partial charge in [0.1, 0.15) is 5.75 Å². The summed E-state index contributed by atoms with van der Waals surface area (Å²) in [5.74, 6) is 0.811. The highest BCUT2D eigenvalue weighted by molar-refractivity contribution is 5.94. The fourth-order valence-corrected chi connectivity index (χ4v) is 3.14. The number of carbonyl (C=O) groups excluding carboxylic acids is 2. The third-order valence-corrected chi connectivity index (χ3v) is 4.65. The number of fused-ring (bicyclic) bond motifs is 1. The smallest absolute Gasteiger partial charge is 0.224 e. The van der Waals surface area contributed by atoms with Gasteiger partial charge in [0.25, 0.3) is 0 Å². The molecule has 2 aromatic rings. The summed E-state index contributed by atoms with van der Waals surface area (Å²) in [5, 5.41) is 9.12. The highest BCUT2D eigenvalue weighted by Crippen LogP contribution is 2.26. The number of amides is 2. The van der Waals surface area contributed by atoms with Crippen molar-refractivity contribution >= 4 is 35.6 Å². The summed E-state index contributed by atoms with van der Waals surface area (Å²) in [6.07, 6.45) is 2.27. The molecule has 0 bridgehead atoms. The Morgan fingerprint density at radius 2 is 2.00 bits per heavy atom. The van der Waals surface area contributed by atoms with Gasteiger partial charge in [0.05, 0.1) is 6.61 Å². The number of benzene rings is 2. The van der Waals surface area contributed by atoms with Crippen LogP contribution in [-0.2, 0) is 22.6 Å². The second kappa shape index (κ2) is 11.4. The summed E-state index contributed by atoms with van der Waals surface area (Å²) >= 11 is 0. The first-order chi connectivity index (χ1) is 13.7. The summed E-state index contributed by atoms with van der Waals surface area (Å²) in [5.41, 5.74) is 3.88. The van der Waals surface area contributed by atoms with Crippen LogP contribution in [0.4, 0.5) is 11.4 Å². The fourth-order valence-electron chi connectivity index (χ4n) is 3.14. The normalized spacial score (nSPS) is 12.4. The van der Waals surface area contributed by atoms with Gasteiger partial charge >= 0.3 is 0 Å². The van der Waals surface area contributed by atoms with Crippen molar-refractivity contribution in [2.75, 3.05) is 23.8 Å². The second-order valence-electron chi connectivity index (χ2n) is 6.80. The van der Waals surface area contributed by atoms with Crippen LogP contribution in [0.15, 0.2) is 42.5 Å². The Labute approximate surface area is 177 Å². The molecule has 29 heavy (non-hydrogen) atoms. The number of nitrogens with one attached hydrogen (secondary N) is 3. The topological polar surface area (TPSA) is 79.5 Å². The molecular formula is C22H28ClN3O3. The largest absolute Gasteiger partial charge is 0.494 e. The maximum atomic E-state index is 12.2. The van der Waals surface area contributed by atoms with Crippen LogP contribution in [0, 0.1) is 0 Å². The van der Waals surface area contributed by atoms with Gasteiger partial charge in [-0.15, -0.1) is 12.4 Å². The number of ether oxygens (including phenoxy) is 1. The molecule has 0 saturated carbocycles. The predicted molar refractivity (Wildman–Crippen MR) is 118 cm³/mol. The van der Waals surface area contributed by atoms with E-state index in [2.05, 4.69) is 22.9 Å². The maximum Gasteiger partial charge on any atom is 0.224 e. The van der Waals surface area contributed by atoms with E-state index >= 15 is 0 Å². The Bertz CT molecular complexity index is 842. The molecule has 0 radical (unpaired) electrons. The molecule has 0 saturated heterocycles. The van der Waals surface area contributed by atoms with E-state index in [-0.39, 0.29) is 24.2 Å². The standard InChI is InChI=1S/C22H27N3O3.ClH/c1-2-23-15-17-6-3-4-7-19(17)24-21(26)8-5-13-28-18-10-11-20-16(14-18)9-12-22(27)25-20;/h3-4,6-7,10-11,14,23H,2,5,8-9,12-13,15H2,1H3,(H,24,26)(H,25,27);1H. The van der Waals surface area contributed by atoms with Crippen molar-refractivity contribution in [1.29, 1.82) is 0 Å². The van der Waals surface area contributed by atoms with E-state index in [0.29, 0.717) is 25.9 Å². The van der Waals surface area contributed by atoms with Gasteiger partial charge in [-0.25, -0.2) is 0 Å². The van der Waals surface area contributed by atoms with Gasteiger partial charge in [-0.1, -0.05) is 25.1 Å². The quantitative estimate of drug-likeness (QED) is 0.540. The van der Waals surface area contributed by atoms with Crippen molar-refractivity contribution in [3.05, 3.63) is 53.6 Å². The van der Waals surface area contributed by atoms with Crippen molar-refractivity contribution in [3.63, 3.8) is 0 Å². The molecule has 0 unspecified atom stereocenters. The average Bonchev–Trinajstić information content (AvgIpc) is 2.70. The molecule has 0 aliphatic carbocycles. The Morgan fingerprint density at radius 3 is 2.83 bits per heavy atom. The molecule has 1 aliphatic heterocycles. The average molecular weight is 418 g/mol. The number of para-hydroxylation sites is 1. The van der Waals surface area contributed by atoms with E-state index in [0.717, 1.165) is 47.8 Å². The highest BCUT2D eigenvalue weighted by atomic mass is 35.5. The van der Waals surface area contributed by atoms with E-state index in [1.807, 2.05) is 42.5 Å². The van der Waals surface area contributed by atoms with E-state index in [4.69, 9.17) is 4.74 Å². The lowest BCUT2D eigenvalue weighted by molar-refractivity contribution is -0.117. The Kier molecular flexibility index (Phi) is 8.96. The third-order valence-electron chi connectivity index (χ3n) is 4.65. The number of hydrogen-bond donors (Lipinski definition) is 3.